The number of carbonyl (C=O) groups excluding carboxylic acids is 2. The van der Waals surface area contributed by atoms with E-state index in [4.69, 9.17) is 10.8 Å². The van der Waals surface area contributed by atoms with Gasteiger partial charge in [-0.05, 0) is 56.2 Å². The van der Waals surface area contributed by atoms with Crippen molar-refractivity contribution < 1.29 is 23.9 Å². The van der Waals surface area contributed by atoms with Crippen molar-refractivity contribution in [1.29, 1.82) is 0 Å². The summed E-state index contributed by atoms with van der Waals surface area (Å²) in [6, 6.07) is 4.07. The first-order valence-corrected chi connectivity index (χ1v) is 11.4. The minimum Gasteiger partial charge on any atom is -0.481 e. The molecule has 3 rings (SSSR count). The molecular weight excluding hydrogens is 415 g/mol. The number of carboxylic acid groups (broad SMARTS) is 1. The summed E-state index contributed by atoms with van der Waals surface area (Å²) in [4.78, 5) is 37.6. The van der Waals surface area contributed by atoms with Crippen LogP contribution in [-0.4, -0.2) is 66.9 Å². The average molecular weight is 449 g/mol. The van der Waals surface area contributed by atoms with Crippen LogP contribution < -0.4 is 16.0 Å². The van der Waals surface area contributed by atoms with Crippen molar-refractivity contribution in [3.05, 3.63) is 24.0 Å². The molecule has 32 heavy (non-hydrogen) atoms. The fourth-order valence-corrected chi connectivity index (χ4v) is 4.70. The van der Waals surface area contributed by atoms with Crippen LogP contribution in [0.1, 0.15) is 38.5 Å². The second-order valence-corrected chi connectivity index (χ2v) is 8.85. The van der Waals surface area contributed by atoms with Gasteiger partial charge >= 0.3 is 5.97 Å². The Morgan fingerprint density at radius 1 is 1.19 bits per heavy atom. The van der Waals surface area contributed by atoms with Gasteiger partial charge in [0.15, 0.2) is 0 Å². The Labute approximate surface area is 187 Å². The fourth-order valence-electron chi connectivity index (χ4n) is 4.70. The van der Waals surface area contributed by atoms with Gasteiger partial charge in [0.2, 0.25) is 5.91 Å². The highest BCUT2D eigenvalue weighted by atomic mass is 19.1. The Morgan fingerprint density at radius 3 is 2.44 bits per heavy atom. The maximum atomic E-state index is 14.8. The van der Waals surface area contributed by atoms with Gasteiger partial charge in [-0.2, -0.15) is 0 Å². The summed E-state index contributed by atoms with van der Waals surface area (Å²) in [7, 11) is 0. The molecule has 0 aromatic heterocycles. The van der Waals surface area contributed by atoms with Crippen LogP contribution in [-0.2, 0) is 14.4 Å². The van der Waals surface area contributed by atoms with Gasteiger partial charge in [0.25, 0.3) is 0 Å². The molecule has 176 valence electrons. The Bertz CT molecular complexity index is 805. The van der Waals surface area contributed by atoms with Crippen LogP contribution in [0.3, 0.4) is 0 Å². The Kier molecular flexibility index (Phi) is 8.44. The van der Waals surface area contributed by atoms with Gasteiger partial charge in [-0.1, -0.05) is 0 Å². The maximum Gasteiger partial charge on any atom is 0.306 e. The van der Waals surface area contributed by atoms with Crippen LogP contribution in [0, 0.1) is 17.7 Å². The number of hydrogen-bond donors (Lipinski definition) is 3. The fraction of sp³-hybridized carbons (Fsp3) is 0.609. The number of primary amides is 1. The van der Waals surface area contributed by atoms with E-state index >= 15 is 0 Å². The maximum absolute atomic E-state index is 14.8. The number of rotatable bonds is 10. The lowest BCUT2D eigenvalue weighted by Gasteiger charge is -2.38. The lowest BCUT2D eigenvalue weighted by molar-refractivity contribution is -0.143. The summed E-state index contributed by atoms with van der Waals surface area (Å²) in [6.45, 7) is 4.09. The van der Waals surface area contributed by atoms with Crippen molar-refractivity contribution in [2.75, 3.05) is 42.9 Å². The third-order valence-electron chi connectivity index (χ3n) is 6.63. The number of halogens is 1. The molecule has 1 heterocycles. The van der Waals surface area contributed by atoms with Crippen LogP contribution in [0.4, 0.5) is 15.8 Å². The highest BCUT2D eigenvalue weighted by Crippen LogP contribution is 2.30. The van der Waals surface area contributed by atoms with Crippen molar-refractivity contribution in [3.63, 3.8) is 0 Å². The van der Waals surface area contributed by atoms with E-state index < -0.39 is 17.9 Å². The molecule has 1 saturated carbocycles. The third-order valence-corrected chi connectivity index (χ3v) is 6.63. The Morgan fingerprint density at radius 2 is 1.88 bits per heavy atom. The van der Waals surface area contributed by atoms with Crippen LogP contribution in [0.15, 0.2) is 18.2 Å². The summed E-state index contributed by atoms with van der Waals surface area (Å²) < 4.78 is 14.8. The van der Waals surface area contributed by atoms with Gasteiger partial charge in [0.1, 0.15) is 18.1 Å². The number of hydrogen-bond acceptors (Lipinski definition) is 6. The molecule has 9 heteroatoms. The molecule has 1 saturated heterocycles. The topological polar surface area (TPSA) is 116 Å². The number of carboxylic acids is 1. The van der Waals surface area contributed by atoms with E-state index in [-0.39, 0.29) is 24.6 Å². The van der Waals surface area contributed by atoms with E-state index in [1.807, 2.05) is 4.90 Å². The van der Waals surface area contributed by atoms with E-state index in [0.29, 0.717) is 17.3 Å². The number of piperazine rings is 1. The van der Waals surface area contributed by atoms with E-state index in [1.54, 1.807) is 12.1 Å². The molecule has 1 atom stereocenters. The number of carbonyl (C=O) groups is 3. The number of anilines is 2. The van der Waals surface area contributed by atoms with Crippen molar-refractivity contribution >= 4 is 29.5 Å². The third kappa shape index (κ3) is 6.41. The highest BCUT2D eigenvalue weighted by Gasteiger charge is 2.28. The normalized spacial score (nSPS) is 22.8. The Balaban J connectivity index is 1.49. The molecule has 1 aliphatic carbocycles. The second kappa shape index (κ2) is 11.3. The molecule has 0 spiro atoms. The molecule has 0 bridgehead atoms. The summed E-state index contributed by atoms with van der Waals surface area (Å²) in [5, 5.41) is 12.1. The van der Waals surface area contributed by atoms with E-state index in [9.17, 15) is 18.8 Å². The van der Waals surface area contributed by atoms with E-state index in [2.05, 4.69) is 10.2 Å². The molecule has 1 aromatic carbocycles. The zero-order valence-corrected chi connectivity index (χ0v) is 18.3. The standard InChI is InChI=1S/C23H33FN4O4/c24-19-14-18(26-20(22(25)30)2-1-13-29)7-8-21(19)28-11-9-27(10-12-28)15-16-3-5-17(6-4-16)23(31)32/h7-8,13-14,16-17,20,26H,1-6,9-12,15H2,(H2,25,30)(H,31,32). The number of nitrogens with zero attached hydrogens (tertiary/aromatic N) is 2. The summed E-state index contributed by atoms with van der Waals surface area (Å²) in [6.07, 6.45) is 4.63. The number of nitrogens with one attached hydrogen (secondary N) is 1. The zero-order chi connectivity index (χ0) is 23.1. The molecule has 0 radical (unpaired) electrons. The van der Waals surface area contributed by atoms with Crippen LogP contribution in [0.2, 0.25) is 0 Å². The molecule has 1 aliphatic heterocycles. The zero-order valence-electron chi connectivity index (χ0n) is 18.3. The Hall–Kier alpha value is -2.68. The predicted molar refractivity (Wildman–Crippen MR) is 120 cm³/mol. The molecule has 1 aromatic rings. The van der Waals surface area contributed by atoms with Crippen molar-refractivity contribution in [2.24, 2.45) is 17.6 Å². The van der Waals surface area contributed by atoms with Crippen LogP contribution in [0.5, 0.6) is 0 Å². The number of benzene rings is 1. The second-order valence-electron chi connectivity index (χ2n) is 8.85. The molecule has 1 amide bonds. The van der Waals surface area contributed by atoms with Gasteiger partial charge in [0, 0.05) is 44.8 Å². The van der Waals surface area contributed by atoms with Gasteiger partial charge < -0.3 is 25.9 Å². The predicted octanol–water partition coefficient (Wildman–Crippen LogP) is 2.08. The van der Waals surface area contributed by atoms with Crippen LogP contribution >= 0.6 is 0 Å². The minimum atomic E-state index is -0.723. The summed E-state index contributed by atoms with van der Waals surface area (Å²) in [5.41, 5.74) is 6.34. The SMILES string of the molecule is NC(=O)C(CCC=O)Nc1ccc(N2CCN(CC3CCC(C(=O)O)CC3)CC2)c(F)c1. The molecule has 2 fully saturated rings. The lowest BCUT2D eigenvalue weighted by Crippen LogP contribution is -2.48. The molecule has 4 N–H and O–H groups in total. The smallest absolute Gasteiger partial charge is 0.306 e. The first kappa shape index (κ1) is 24.0. The largest absolute Gasteiger partial charge is 0.481 e. The number of aliphatic carboxylic acids is 1. The monoisotopic (exact) mass is 448 g/mol. The molecule has 8 nitrogen and oxygen atoms in total. The van der Waals surface area contributed by atoms with E-state index in [1.165, 1.54) is 6.07 Å². The van der Waals surface area contributed by atoms with Crippen LogP contribution in [0.25, 0.3) is 0 Å². The number of amides is 1. The van der Waals surface area contributed by atoms with Crippen molar-refractivity contribution in [3.8, 4) is 0 Å². The van der Waals surface area contributed by atoms with Crippen molar-refractivity contribution in [1.82, 2.24) is 4.90 Å². The highest BCUT2D eigenvalue weighted by molar-refractivity contribution is 5.83. The first-order chi connectivity index (χ1) is 15.4. The molecule has 1 unspecified atom stereocenters. The number of aldehydes is 1. The quantitative estimate of drug-likeness (QED) is 0.469. The minimum absolute atomic E-state index is 0.188. The summed E-state index contributed by atoms with van der Waals surface area (Å²) >= 11 is 0. The van der Waals surface area contributed by atoms with Gasteiger partial charge in [-0.25, -0.2) is 4.39 Å². The lowest BCUT2D eigenvalue weighted by atomic mass is 9.82. The van der Waals surface area contributed by atoms with Gasteiger partial charge in [-0.3, -0.25) is 14.5 Å². The molecular formula is C23H33FN4O4. The van der Waals surface area contributed by atoms with E-state index in [0.717, 1.165) is 64.7 Å². The van der Waals surface area contributed by atoms with Gasteiger partial charge in [0.05, 0.1) is 11.6 Å². The van der Waals surface area contributed by atoms with Gasteiger partial charge in [-0.15, -0.1) is 0 Å². The first-order valence-electron chi connectivity index (χ1n) is 11.4. The molecule has 2 aliphatic rings. The number of nitrogens with two attached hydrogens (primary N) is 1. The van der Waals surface area contributed by atoms with Crippen molar-refractivity contribution in [2.45, 2.75) is 44.6 Å². The average Bonchev–Trinajstić information content (AvgIpc) is 2.77. The summed E-state index contributed by atoms with van der Waals surface area (Å²) in [5.74, 6) is -1.27.